The van der Waals surface area contributed by atoms with Crippen LogP contribution in [0.25, 0.3) is 0 Å². The lowest BCUT2D eigenvalue weighted by atomic mass is 10.0. The first-order chi connectivity index (χ1) is 9.70. The number of hydrogen-bond acceptors (Lipinski definition) is 6. The Bertz CT molecular complexity index is 537. The van der Waals surface area contributed by atoms with Gasteiger partial charge in [-0.1, -0.05) is 0 Å². The Morgan fingerprint density at radius 1 is 1.20 bits per heavy atom. The third-order valence-corrected chi connectivity index (χ3v) is 4.38. The summed E-state index contributed by atoms with van der Waals surface area (Å²) in [6, 6.07) is 2.87. The fraction of sp³-hybridized carbons (Fsp3) is 0.643. The second-order valence-electron chi connectivity index (χ2n) is 5.57. The quantitative estimate of drug-likeness (QED) is 0.821. The van der Waals surface area contributed by atoms with Crippen molar-refractivity contribution in [2.75, 3.05) is 44.2 Å². The Kier molecular flexibility index (Phi) is 3.55. The van der Waals surface area contributed by atoms with E-state index in [1.807, 2.05) is 13.8 Å². The molecule has 2 saturated heterocycles. The summed E-state index contributed by atoms with van der Waals surface area (Å²) in [5, 5.41) is 21.1. The molecular weight excluding hydrogens is 252 g/mol. The summed E-state index contributed by atoms with van der Waals surface area (Å²) < 4.78 is 0. The number of hydrogen-bond donors (Lipinski definition) is 1. The fourth-order valence-corrected chi connectivity index (χ4v) is 2.86. The molecule has 0 aromatic carbocycles. The van der Waals surface area contributed by atoms with E-state index in [2.05, 4.69) is 31.4 Å². The number of aromatic nitrogens is 2. The van der Waals surface area contributed by atoms with Crippen molar-refractivity contribution >= 4 is 5.82 Å². The largest absolute Gasteiger partial charge is 0.351 e. The molecule has 0 aliphatic carbocycles. The first-order valence-electron chi connectivity index (χ1n) is 7.14. The Labute approximate surface area is 119 Å². The van der Waals surface area contributed by atoms with E-state index in [-0.39, 0.29) is 0 Å². The highest BCUT2D eigenvalue weighted by atomic mass is 15.4. The molecule has 0 unspecified atom stereocenters. The molecule has 0 spiro atoms. The summed E-state index contributed by atoms with van der Waals surface area (Å²) in [5.74, 6) is 0.752. The molecule has 20 heavy (non-hydrogen) atoms. The average molecular weight is 272 g/mol. The van der Waals surface area contributed by atoms with Gasteiger partial charge < -0.3 is 10.2 Å². The highest BCUT2D eigenvalue weighted by Crippen LogP contribution is 2.27. The number of aryl methyl sites for hydroxylation is 1. The lowest BCUT2D eigenvalue weighted by Crippen LogP contribution is -2.63. The van der Waals surface area contributed by atoms with Gasteiger partial charge >= 0.3 is 0 Å². The van der Waals surface area contributed by atoms with Crippen LogP contribution in [0.2, 0.25) is 0 Å². The third kappa shape index (κ3) is 2.23. The van der Waals surface area contributed by atoms with Gasteiger partial charge in [-0.3, -0.25) is 4.90 Å². The predicted molar refractivity (Wildman–Crippen MR) is 76.7 cm³/mol. The lowest BCUT2D eigenvalue weighted by Gasteiger charge is -2.47. The first-order valence-corrected chi connectivity index (χ1v) is 7.14. The molecule has 2 aliphatic heterocycles. The third-order valence-electron chi connectivity index (χ3n) is 4.38. The lowest BCUT2D eigenvalue weighted by molar-refractivity contribution is 0.147. The highest BCUT2D eigenvalue weighted by Gasteiger charge is 2.34. The van der Waals surface area contributed by atoms with E-state index in [1.165, 1.54) is 0 Å². The molecule has 1 N–H and O–H groups in total. The van der Waals surface area contributed by atoms with Crippen LogP contribution in [0, 0.1) is 25.2 Å². The first kappa shape index (κ1) is 13.3. The van der Waals surface area contributed by atoms with Gasteiger partial charge in [-0.05, 0) is 19.4 Å². The van der Waals surface area contributed by atoms with Gasteiger partial charge in [-0.25, -0.2) is 0 Å². The van der Waals surface area contributed by atoms with Crippen molar-refractivity contribution < 1.29 is 0 Å². The van der Waals surface area contributed by atoms with Crippen LogP contribution >= 0.6 is 0 Å². The molecule has 3 heterocycles. The maximum Gasteiger partial charge on any atom is 0.169 e. The average Bonchev–Trinajstić information content (AvgIpc) is 2.42. The molecule has 0 amide bonds. The molecule has 0 saturated carbocycles. The summed E-state index contributed by atoms with van der Waals surface area (Å²) in [6.07, 6.45) is 0. The van der Waals surface area contributed by atoms with Crippen LogP contribution in [0.15, 0.2) is 0 Å². The van der Waals surface area contributed by atoms with E-state index in [0.717, 1.165) is 56.3 Å². The maximum atomic E-state index is 9.34. The SMILES string of the molecule is Cc1nnc(N2CC(N3CCNCC3)C2)c(C#N)c1C. The van der Waals surface area contributed by atoms with Gasteiger partial charge in [0.15, 0.2) is 5.82 Å². The van der Waals surface area contributed by atoms with Gasteiger partial charge in [0, 0.05) is 45.3 Å². The van der Waals surface area contributed by atoms with Crippen molar-refractivity contribution in [3.05, 3.63) is 16.8 Å². The van der Waals surface area contributed by atoms with Gasteiger partial charge in [-0.15, -0.1) is 5.10 Å². The molecular formula is C14H20N6. The second kappa shape index (κ2) is 5.35. The van der Waals surface area contributed by atoms with E-state index in [4.69, 9.17) is 0 Å². The molecule has 2 aliphatic rings. The second-order valence-corrected chi connectivity index (χ2v) is 5.57. The predicted octanol–water partition coefficient (Wildman–Crippen LogP) is 0.0589. The molecule has 106 valence electrons. The van der Waals surface area contributed by atoms with Crippen molar-refractivity contribution in [1.29, 1.82) is 5.26 Å². The van der Waals surface area contributed by atoms with Crippen LogP contribution in [0.1, 0.15) is 16.8 Å². The number of piperazine rings is 1. The Balaban J connectivity index is 1.71. The summed E-state index contributed by atoms with van der Waals surface area (Å²) in [7, 11) is 0. The molecule has 3 rings (SSSR count). The zero-order chi connectivity index (χ0) is 14.1. The van der Waals surface area contributed by atoms with E-state index in [1.54, 1.807) is 0 Å². The Morgan fingerprint density at radius 2 is 1.90 bits per heavy atom. The maximum absolute atomic E-state index is 9.34. The summed E-state index contributed by atoms with van der Waals surface area (Å²) in [4.78, 5) is 4.69. The topological polar surface area (TPSA) is 68.1 Å². The van der Waals surface area contributed by atoms with Crippen LogP contribution in [0.5, 0.6) is 0 Å². The van der Waals surface area contributed by atoms with Gasteiger partial charge in [0.1, 0.15) is 11.6 Å². The van der Waals surface area contributed by atoms with E-state index in [9.17, 15) is 5.26 Å². The molecule has 6 nitrogen and oxygen atoms in total. The van der Waals surface area contributed by atoms with E-state index >= 15 is 0 Å². The van der Waals surface area contributed by atoms with Crippen LogP contribution in [-0.4, -0.2) is 60.4 Å². The fourth-order valence-electron chi connectivity index (χ4n) is 2.86. The number of rotatable bonds is 2. The molecule has 1 aromatic rings. The van der Waals surface area contributed by atoms with Gasteiger partial charge in [0.05, 0.1) is 5.69 Å². The minimum atomic E-state index is 0.590. The van der Waals surface area contributed by atoms with E-state index < -0.39 is 0 Å². The van der Waals surface area contributed by atoms with Gasteiger partial charge in [0.25, 0.3) is 0 Å². The van der Waals surface area contributed by atoms with Gasteiger partial charge in [-0.2, -0.15) is 10.4 Å². The number of nitrogens with zero attached hydrogens (tertiary/aromatic N) is 5. The number of nitrogens with one attached hydrogen (secondary N) is 1. The monoisotopic (exact) mass is 272 g/mol. The summed E-state index contributed by atoms with van der Waals surface area (Å²) >= 11 is 0. The normalized spacial score (nSPS) is 20.6. The molecule has 0 atom stereocenters. The van der Waals surface area contributed by atoms with Crippen molar-refractivity contribution in [3.8, 4) is 6.07 Å². The number of nitriles is 1. The van der Waals surface area contributed by atoms with E-state index in [0.29, 0.717) is 11.6 Å². The Hall–Kier alpha value is -1.71. The van der Waals surface area contributed by atoms with Crippen LogP contribution in [-0.2, 0) is 0 Å². The van der Waals surface area contributed by atoms with Crippen molar-refractivity contribution in [2.45, 2.75) is 19.9 Å². The van der Waals surface area contributed by atoms with Crippen molar-refractivity contribution in [3.63, 3.8) is 0 Å². The zero-order valence-corrected chi connectivity index (χ0v) is 12.1. The molecule has 2 fully saturated rings. The van der Waals surface area contributed by atoms with Crippen molar-refractivity contribution in [2.24, 2.45) is 0 Å². The summed E-state index contributed by atoms with van der Waals surface area (Å²) in [5.41, 5.74) is 2.46. The molecule has 0 radical (unpaired) electrons. The van der Waals surface area contributed by atoms with Crippen molar-refractivity contribution in [1.82, 2.24) is 20.4 Å². The van der Waals surface area contributed by atoms with Gasteiger partial charge in [0.2, 0.25) is 0 Å². The standard InChI is InChI=1S/C14H20N6/c1-10-11(2)17-18-14(13(10)7-15)20-8-12(9-20)19-5-3-16-4-6-19/h12,16H,3-6,8-9H2,1-2H3. The summed E-state index contributed by atoms with van der Waals surface area (Å²) in [6.45, 7) is 10.1. The van der Waals surface area contributed by atoms with Crippen LogP contribution in [0.4, 0.5) is 5.82 Å². The Morgan fingerprint density at radius 3 is 2.55 bits per heavy atom. The smallest absolute Gasteiger partial charge is 0.169 e. The molecule has 1 aromatic heterocycles. The minimum Gasteiger partial charge on any atom is -0.351 e. The minimum absolute atomic E-state index is 0.590. The highest BCUT2D eigenvalue weighted by molar-refractivity contribution is 5.59. The molecule has 0 bridgehead atoms. The number of anilines is 1. The molecule has 6 heteroatoms. The van der Waals surface area contributed by atoms with Crippen LogP contribution < -0.4 is 10.2 Å². The van der Waals surface area contributed by atoms with Crippen LogP contribution in [0.3, 0.4) is 0 Å². The zero-order valence-electron chi connectivity index (χ0n) is 12.1.